The van der Waals surface area contributed by atoms with Crippen molar-refractivity contribution >= 4 is 40.5 Å². The highest BCUT2D eigenvalue weighted by molar-refractivity contribution is 6.23. The Morgan fingerprint density at radius 2 is 1.54 bits per heavy atom. The fraction of sp³-hybridized carbons (Fsp3) is 0.500. The summed E-state index contributed by atoms with van der Waals surface area (Å²) in [5.74, 6) is -0.622. The number of hydrogen-bond donors (Lipinski definition) is 2. The number of para-hydroxylation sites is 1. The summed E-state index contributed by atoms with van der Waals surface area (Å²) >= 11 is 0. The Labute approximate surface area is 341 Å². The number of H-pyrrole nitrogens is 1. The number of carbonyl (C=O) groups excluding carboxylic acids is 4. The predicted octanol–water partition coefficient (Wildman–Crippen LogP) is 4.66. The average Bonchev–Trinajstić information content (AvgIpc) is 3.89. The van der Waals surface area contributed by atoms with Crippen molar-refractivity contribution in [2.45, 2.75) is 95.6 Å². The fourth-order valence-corrected chi connectivity index (χ4v) is 10.7. The van der Waals surface area contributed by atoms with Crippen LogP contribution in [-0.2, 0) is 29.1 Å². The van der Waals surface area contributed by atoms with Gasteiger partial charge in [0.25, 0.3) is 18.2 Å². The molecule has 59 heavy (non-hydrogen) atoms. The van der Waals surface area contributed by atoms with Gasteiger partial charge in [0.05, 0.1) is 23.7 Å². The fourth-order valence-electron chi connectivity index (χ4n) is 10.7. The zero-order valence-corrected chi connectivity index (χ0v) is 33.2. The van der Waals surface area contributed by atoms with Crippen LogP contribution in [0, 0.1) is 5.92 Å². The minimum atomic E-state index is -2.45. The van der Waals surface area contributed by atoms with Crippen LogP contribution in [0.2, 0.25) is 0 Å². The summed E-state index contributed by atoms with van der Waals surface area (Å²) in [4.78, 5) is 74.3. The van der Waals surface area contributed by atoms with Crippen LogP contribution < -0.4 is 10.2 Å². The van der Waals surface area contributed by atoms with E-state index >= 15 is 0 Å². The van der Waals surface area contributed by atoms with E-state index in [9.17, 15) is 28.0 Å². The Morgan fingerprint density at radius 3 is 2.20 bits per heavy atom. The number of nitrogens with zero attached hydrogens (tertiary/aromatic N) is 7. The van der Waals surface area contributed by atoms with Crippen LogP contribution in [0.3, 0.4) is 0 Å². The molecule has 0 spiro atoms. The lowest BCUT2D eigenvalue weighted by Crippen LogP contribution is -2.54. The second-order valence-electron chi connectivity index (χ2n) is 17.4. The van der Waals surface area contributed by atoms with E-state index in [1.807, 2.05) is 54.5 Å². The molecule has 2 aromatic carbocycles. The van der Waals surface area contributed by atoms with Gasteiger partial charge in [0.1, 0.15) is 6.04 Å². The van der Waals surface area contributed by atoms with Gasteiger partial charge in [-0.15, -0.1) is 0 Å². The van der Waals surface area contributed by atoms with Crippen molar-refractivity contribution in [1.29, 1.82) is 0 Å². The van der Waals surface area contributed by atoms with E-state index in [4.69, 9.17) is 9.97 Å². The first-order chi connectivity index (χ1) is 28.6. The second-order valence-corrected chi connectivity index (χ2v) is 17.4. The lowest BCUT2D eigenvalue weighted by molar-refractivity contribution is -0.136. The number of anilines is 1. The van der Waals surface area contributed by atoms with Gasteiger partial charge in [-0.3, -0.25) is 39.2 Å². The van der Waals surface area contributed by atoms with Crippen molar-refractivity contribution in [3.63, 3.8) is 0 Å². The number of imide groups is 2. The van der Waals surface area contributed by atoms with Gasteiger partial charge in [0, 0.05) is 85.8 Å². The van der Waals surface area contributed by atoms with Gasteiger partial charge in [0.2, 0.25) is 17.8 Å². The number of amides is 4. The molecule has 6 aliphatic rings. The molecule has 0 radical (unpaired) electrons. The molecule has 4 aromatic rings. The van der Waals surface area contributed by atoms with Crippen molar-refractivity contribution < 1.29 is 28.0 Å². The van der Waals surface area contributed by atoms with E-state index in [1.54, 1.807) is 0 Å². The molecule has 4 amide bonds. The summed E-state index contributed by atoms with van der Waals surface area (Å²) in [6.45, 7) is 8.02. The SMILES string of the molecule is C[C@@H]1Cc2c([nH]c3ccccc23)[C@@H](c2cnc(N3CCC(CN4CCC(N5Cc6cc7c(cc6C5)C(=O)N(C5CCC(=O)NC5=O)C7=O)CC4)CC3)nc2)N1CC(F)F. The van der Waals surface area contributed by atoms with E-state index in [2.05, 4.69) is 31.1 Å². The van der Waals surface area contributed by atoms with Crippen molar-refractivity contribution in [2.24, 2.45) is 5.92 Å². The van der Waals surface area contributed by atoms with Gasteiger partial charge in [-0.2, -0.15) is 0 Å². The zero-order valence-electron chi connectivity index (χ0n) is 33.2. The van der Waals surface area contributed by atoms with E-state index in [0.717, 1.165) is 110 Å². The zero-order chi connectivity index (χ0) is 40.5. The second kappa shape index (κ2) is 15.2. The van der Waals surface area contributed by atoms with Gasteiger partial charge in [0.15, 0.2) is 0 Å². The number of rotatable bonds is 8. The molecule has 308 valence electrons. The number of benzene rings is 2. The quantitative estimate of drug-likeness (QED) is 0.242. The first kappa shape index (κ1) is 38.1. The highest BCUT2D eigenvalue weighted by Gasteiger charge is 2.46. The van der Waals surface area contributed by atoms with Crippen LogP contribution in [0.5, 0.6) is 0 Å². The summed E-state index contributed by atoms with van der Waals surface area (Å²) in [5, 5.41) is 3.40. The van der Waals surface area contributed by atoms with E-state index < -0.39 is 30.2 Å². The number of aromatic amines is 1. The van der Waals surface area contributed by atoms with Gasteiger partial charge in [-0.1, -0.05) is 18.2 Å². The molecule has 15 heteroatoms. The van der Waals surface area contributed by atoms with Crippen molar-refractivity contribution in [1.82, 2.24) is 39.9 Å². The number of alkyl halides is 2. The van der Waals surface area contributed by atoms with Gasteiger partial charge in [-0.25, -0.2) is 18.7 Å². The highest BCUT2D eigenvalue weighted by Crippen LogP contribution is 2.41. The standard InChI is InChI=1S/C44H49F2N9O4/c1-25-16-32-31-4-2-3-5-35(31)49-39(32)40(54(25)24-37(45)46)29-19-47-44(48-20-29)52-14-8-26(9-15-52)21-51-12-10-30(11-13-51)53-22-27-17-33-34(18-28(27)23-53)43(59)55(42(33)58)36-6-7-38(56)50-41(36)57/h2-5,17-20,25-26,30,36-37,40,49H,6-16,21-24H2,1H3,(H,50,56,57)/t25-,36?,40-/m1/s1. The maximum atomic E-state index is 13.9. The molecule has 2 aromatic heterocycles. The van der Waals surface area contributed by atoms with E-state index in [0.29, 0.717) is 35.5 Å². The average molecular weight is 806 g/mol. The Balaban J connectivity index is 0.720. The minimum absolute atomic E-state index is 0.0622. The number of aromatic nitrogens is 3. The van der Waals surface area contributed by atoms with Gasteiger partial charge in [-0.05, 0) is 99.3 Å². The van der Waals surface area contributed by atoms with Crippen molar-refractivity contribution in [2.75, 3.05) is 44.2 Å². The lowest BCUT2D eigenvalue weighted by atomic mass is 9.89. The predicted molar refractivity (Wildman–Crippen MR) is 215 cm³/mol. The molecule has 0 aliphatic carbocycles. The maximum absolute atomic E-state index is 13.9. The van der Waals surface area contributed by atoms with Gasteiger partial charge >= 0.3 is 0 Å². The third kappa shape index (κ3) is 6.90. The summed E-state index contributed by atoms with van der Waals surface area (Å²) < 4.78 is 27.7. The molecule has 3 saturated heterocycles. The Morgan fingerprint density at radius 1 is 0.864 bits per heavy atom. The summed E-state index contributed by atoms with van der Waals surface area (Å²) in [6.07, 6.45) is 6.38. The molecule has 8 heterocycles. The molecule has 13 nitrogen and oxygen atoms in total. The highest BCUT2D eigenvalue weighted by atomic mass is 19.3. The van der Waals surface area contributed by atoms with E-state index in [1.165, 1.54) is 5.56 Å². The summed E-state index contributed by atoms with van der Waals surface area (Å²) in [6, 6.07) is 10.9. The normalized spacial score (nSPS) is 25.0. The maximum Gasteiger partial charge on any atom is 0.262 e. The summed E-state index contributed by atoms with van der Waals surface area (Å²) in [7, 11) is 0. The number of fused-ring (bicyclic) bond motifs is 5. The van der Waals surface area contributed by atoms with Crippen LogP contribution in [0.25, 0.3) is 10.9 Å². The molecule has 10 rings (SSSR count). The molecule has 3 atom stereocenters. The van der Waals surface area contributed by atoms with Crippen LogP contribution in [0.1, 0.15) is 100 Å². The first-order valence-corrected chi connectivity index (χ1v) is 21.1. The van der Waals surface area contributed by atoms with Crippen LogP contribution in [0.15, 0.2) is 48.8 Å². The number of nitrogens with one attached hydrogen (secondary N) is 2. The van der Waals surface area contributed by atoms with Crippen LogP contribution in [-0.4, -0.2) is 122 Å². The molecule has 1 unspecified atom stereocenters. The molecule has 0 bridgehead atoms. The smallest absolute Gasteiger partial charge is 0.262 e. The number of halogens is 2. The number of likely N-dealkylation sites (tertiary alicyclic amines) is 1. The molecule has 3 fully saturated rings. The molecular weight excluding hydrogens is 757 g/mol. The number of hydrogen-bond acceptors (Lipinski definition) is 10. The Bertz CT molecular complexity index is 2270. The van der Waals surface area contributed by atoms with Gasteiger partial charge < -0.3 is 14.8 Å². The first-order valence-electron chi connectivity index (χ1n) is 21.1. The van der Waals surface area contributed by atoms with Crippen molar-refractivity contribution in [3.05, 3.63) is 87.9 Å². The Hall–Kier alpha value is -5.12. The summed E-state index contributed by atoms with van der Waals surface area (Å²) in [5.41, 5.74) is 6.79. The molecular formula is C44H49F2N9O4. The van der Waals surface area contributed by atoms with Crippen LogP contribution >= 0.6 is 0 Å². The minimum Gasteiger partial charge on any atom is -0.357 e. The third-order valence-corrected chi connectivity index (χ3v) is 13.8. The monoisotopic (exact) mass is 805 g/mol. The lowest BCUT2D eigenvalue weighted by Gasteiger charge is -2.40. The number of piperidine rings is 3. The molecule has 6 aliphatic heterocycles. The topological polar surface area (TPSA) is 138 Å². The number of carbonyl (C=O) groups is 4. The third-order valence-electron chi connectivity index (χ3n) is 13.8. The van der Waals surface area contributed by atoms with E-state index in [-0.39, 0.29) is 37.4 Å². The van der Waals surface area contributed by atoms with Crippen molar-refractivity contribution in [3.8, 4) is 0 Å². The van der Waals surface area contributed by atoms with Crippen LogP contribution in [0.4, 0.5) is 14.7 Å². The Kier molecular flexibility index (Phi) is 9.79. The largest absolute Gasteiger partial charge is 0.357 e. The molecule has 2 N–H and O–H groups in total. The molecule has 0 saturated carbocycles.